The first kappa shape index (κ1) is 19.6. The number of amides is 1. The van der Waals surface area contributed by atoms with Crippen LogP contribution in [0.4, 0.5) is 13.2 Å². The highest BCUT2D eigenvalue weighted by Gasteiger charge is 2.38. The van der Waals surface area contributed by atoms with Gasteiger partial charge in [0.15, 0.2) is 5.69 Å². The number of alkyl halides is 3. The van der Waals surface area contributed by atoms with Crippen LogP contribution in [0.25, 0.3) is 0 Å². The van der Waals surface area contributed by atoms with Gasteiger partial charge in [0, 0.05) is 13.0 Å². The smallest absolute Gasteiger partial charge is 0.350 e. The van der Waals surface area contributed by atoms with Gasteiger partial charge in [0.2, 0.25) is 5.91 Å². The summed E-state index contributed by atoms with van der Waals surface area (Å²) in [7, 11) is 0. The van der Waals surface area contributed by atoms with Crippen molar-refractivity contribution in [1.82, 2.24) is 24.9 Å². The molecule has 0 aliphatic rings. The third kappa shape index (κ3) is 4.46. The number of rotatable bonds is 6. The van der Waals surface area contributed by atoms with Gasteiger partial charge in [-0.1, -0.05) is 23.2 Å². The first-order chi connectivity index (χ1) is 11.6. The van der Waals surface area contributed by atoms with E-state index in [9.17, 15) is 18.0 Å². The molecule has 25 heavy (non-hydrogen) atoms. The molecule has 2 rings (SSSR count). The number of nitrogens with one attached hydrogen (secondary N) is 1. The highest BCUT2D eigenvalue weighted by molar-refractivity contribution is 6.32. The molecule has 0 fully saturated rings. The summed E-state index contributed by atoms with van der Waals surface area (Å²) in [5.41, 5.74) is -0.324. The van der Waals surface area contributed by atoms with E-state index in [1.807, 2.05) is 6.92 Å². The minimum atomic E-state index is -4.63. The Hall–Kier alpha value is -1.74. The zero-order valence-corrected chi connectivity index (χ0v) is 15.0. The molecule has 0 spiro atoms. The first-order valence-electron chi connectivity index (χ1n) is 7.42. The van der Waals surface area contributed by atoms with Crippen molar-refractivity contribution in [2.24, 2.45) is 0 Å². The Morgan fingerprint density at radius 2 is 2.00 bits per heavy atom. The average Bonchev–Trinajstić information content (AvgIpc) is 3.04. The predicted molar refractivity (Wildman–Crippen MR) is 86.4 cm³/mol. The van der Waals surface area contributed by atoms with E-state index >= 15 is 0 Å². The summed E-state index contributed by atoms with van der Waals surface area (Å²) in [4.78, 5) is 11.9. The van der Waals surface area contributed by atoms with Gasteiger partial charge < -0.3 is 5.32 Å². The summed E-state index contributed by atoms with van der Waals surface area (Å²) in [6, 6.07) is 0. The van der Waals surface area contributed by atoms with Crippen molar-refractivity contribution < 1.29 is 18.0 Å². The molecule has 0 saturated carbocycles. The van der Waals surface area contributed by atoms with E-state index in [1.165, 1.54) is 13.1 Å². The third-order valence-corrected chi connectivity index (χ3v) is 4.37. The van der Waals surface area contributed by atoms with E-state index < -0.39 is 16.9 Å². The molecule has 0 radical (unpaired) electrons. The highest BCUT2D eigenvalue weighted by Crippen LogP contribution is 2.35. The summed E-state index contributed by atoms with van der Waals surface area (Å²) in [6.07, 6.45) is -3.20. The highest BCUT2D eigenvalue weighted by atomic mass is 35.5. The molecule has 2 aromatic rings. The minimum absolute atomic E-state index is 0.0196. The van der Waals surface area contributed by atoms with Gasteiger partial charge in [-0.05, 0) is 13.8 Å². The normalized spacial score (nSPS) is 11.8. The van der Waals surface area contributed by atoms with E-state index in [-0.39, 0.29) is 31.1 Å². The van der Waals surface area contributed by atoms with E-state index in [0.29, 0.717) is 17.3 Å². The summed E-state index contributed by atoms with van der Waals surface area (Å²) in [6.45, 7) is 4.06. The largest absolute Gasteiger partial charge is 0.436 e. The van der Waals surface area contributed by atoms with Crippen molar-refractivity contribution in [3.63, 3.8) is 0 Å². The number of nitrogens with zero attached hydrogens (tertiary/aromatic N) is 4. The zero-order chi connectivity index (χ0) is 18.8. The average molecular weight is 398 g/mol. The fraction of sp³-hybridized carbons (Fsp3) is 0.500. The topological polar surface area (TPSA) is 64.7 Å². The molecule has 0 unspecified atom stereocenters. The molecule has 0 aliphatic heterocycles. The number of aryl methyl sites for hydroxylation is 2. The molecule has 1 amide bonds. The number of halogens is 5. The van der Waals surface area contributed by atoms with Gasteiger partial charge in [0.25, 0.3) is 0 Å². The van der Waals surface area contributed by atoms with Gasteiger partial charge >= 0.3 is 6.18 Å². The van der Waals surface area contributed by atoms with E-state index in [0.717, 1.165) is 4.68 Å². The van der Waals surface area contributed by atoms with Crippen LogP contribution in [0.1, 0.15) is 30.4 Å². The van der Waals surface area contributed by atoms with Crippen molar-refractivity contribution in [2.75, 3.05) is 0 Å². The van der Waals surface area contributed by atoms with Crippen LogP contribution in [0, 0.1) is 6.92 Å². The van der Waals surface area contributed by atoms with Crippen LogP contribution in [-0.4, -0.2) is 25.5 Å². The molecule has 0 bridgehead atoms. The van der Waals surface area contributed by atoms with Crippen molar-refractivity contribution in [3.05, 3.63) is 33.3 Å². The number of carbonyl (C=O) groups excluding carboxylic acids is 1. The summed E-state index contributed by atoms with van der Waals surface area (Å²) in [5, 5.41) is 10.1. The predicted octanol–water partition coefficient (Wildman–Crippen LogP) is 3.44. The molecule has 0 atom stereocenters. The van der Waals surface area contributed by atoms with Gasteiger partial charge in [0.05, 0.1) is 40.7 Å². The second-order valence-corrected chi connectivity index (χ2v) is 6.04. The standard InChI is InChI=1S/C14H16Cl2F3N5O/c1-3-23-10(9(15)6-21-23)7-20-11(25)4-5-24-8(2)12(16)13(22-24)14(17,18)19/h6H,3-5,7H2,1-2H3,(H,20,25). The lowest BCUT2D eigenvalue weighted by molar-refractivity contribution is -0.141. The van der Waals surface area contributed by atoms with Gasteiger partial charge in [-0.25, -0.2) is 0 Å². The SMILES string of the molecule is CCn1ncc(Cl)c1CNC(=O)CCn1nc(C(F)(F)F)c(Cl)c1C. The lowest BCUT2D eigenvalue weighted by Crippen LogP contribution is -2.26. The molecule has 138 valence electrons. The Kier molecular flexibility index (Phi) is 5.99. The fourth-order valence-electron chi connectivity index (χ4n) is 2.24. The molecule has 2 aromatic heterocycles. The second kappa shape index (κ2) is 7.65. The van der Waals surface area contributed by atoms with Crippen molar-refractivity contribution >= 4 is 29.1 Å². The number of carbonyl (C=O) groups is 1. The van der Waals surface area contributed by atoms with E-state index in [2.05, 4.69) is 15.5 Å². The van der Waals surface area contributed by atoms with Crippen LogP contribution >= 0.6 is 23.2 Å². The fourth-order valence-corrected chi connectivity index (χ4v) is 2.69. The lowest BCUT2D eigenvalue weighted by atomic mass is 10.3. The molecular formula is C14H16Cl2F3N5O. The van der Waals surface area contributed by atoms with Crippen LogP contribution in [0.3, 0.4) is 0 Å². The number of hydrogen-bond donors (Lipinski definition) is 1. The first-order valence-corrected chi connectivity index (χ1v) is 8.17. The maximum Gasteiger partial charge on any atom is 0.436 e. The number of hydrogen-bond acceptors (Lipinski definition) is 3. The van der Waals surface area contributed by atoms with Crippen LogP contribution < -0.4 is 5.32 Å². The Bertz CT molecular complexity index is 769. The maximum atomic E-state index is 12.8. The van der Waals surface area contributed by atoms with Crippen molar-refractivity contribution in [2.45, 2.75) is 46.1 Å². The Morgan fingerprint density at radius 3 is 2.56 bits per heavy atom. The van der Waals surface area contributed by atoms with E-state index in [4.69, 9.17) is 23.2 Å². The molecule has 6 nitrogen and oxygen atoms in total. The van der Waals surface area contributed by atoms with Crippen LogP contribution in [-0.2, 0) is 30.6 Å². The molecule has 0 aromatic carbocycles. The van der Waals surface area contributed by atoms with Crippen LogP contribution in [0.15, 0.2) is 6.20 Å². The summed E-state index contributed by atoms with van der Waals surface area (Å²) in [5.74, 6) is -0.348. The minimum Gasteiger partial charge on any atom is -0.350 e. The van der Waals surface area contributed by atoms with Crippen molar-refractivity contribution in [3.8, 4) is 0 Å². The third-order valence-electron chi connectivity index (χ3n) is 3.60. The Balaban J connectivity index is 1.96. The van der Waals surface area contributed by atoms with Crippen LogP contribution in [0.2, 0.25) is 10.0 Å². The zero-order valence-electron chi connectivity index (χ0n) is 13.5. The molecule has 11 heteroatoms. The monoisotopic (exact) mass is 397 g/mol. The summed E-state index contributed by atoms with van der Waals surface area (Å²) < 4.78 is 41.0. The molecule has 2 heterocycles. The quantitative estimate of drug-likeness (QED) is 0.811. The van der Waals surface area contributed by atoms with E-state index in [1.54, 1.807) is 4.68 Å². The maximum absolute atomic E-state index is 12.8. The Labute approximate surface area is 151 Å². The van der Waals surface area contributed by atoms with Gasteiger partial charge in [-0.3, -0.25) is 14.2 Å². The molecule has 1 N–H and O–H groups in total. The van der Waals surface area contributed by atoms with Gasteiger partial charge in [-0.2, -0.15) is 23.4 Å². The lowest BCUT2D eigenvalue weighted by Gasteiger charge is -2.08. The molecule has 0 saturated heterocycles. The van der Waals surface area contributed by atoms with Gasteiger partial charge in [0.1, 0.15) is 0 Å². The number of aromatic nitrogens is 4. The van der Waals surface area contributed by atoms with Crippen molar-refractivity contribution in [1.29, 1.82) is 0 Å². The summed E-state index contributed by atoms with van der Waals surface area (Å²) >= 11 is 11.7. The molecular weight excluding hydrogens is 382 g/mol. The van der Waals surface area contributed by atoms with Crippen LogP contribution in [0.5, 0.6) is 0 Å². The molecule has 0 aliphatic carbocycles. The van der Waals surface area contributed by atoms with Gasteiger partial charge in [-0.15, -0.1) is 0 Å². The Morgan fingerprint density at radius 1 is 1.32 bits per heavy atom. The second-order valence-electron chi connectivity index (χ2n) is 5.25.